The molecule has 2 aliphatic rings. The maximum atomic E-state index is 12.7. The van der Waals surface area contributed by atoms with Gasteiger partial charge in [0, 0.05) is 26.7 Å². The maximum absolute atomic E-state index is 12.7. The molecule has 1 fully saturated rings. The molecule has 0 radical (unpaired) electrons. The summed E-state index contributed by atoms with van der Waals surface area (Å²) in [5.74, 6) is 0.429. The summed E-state index contributed by atoms with van der Waals surface area (Å²) in [5, 5.41) is 3.33. The topological polar surface area (TPSA) is 35.6 Å². The zero-order valence-corrected chi connectivity index (χ0v) is 11.4. The Hall–Kier alpha value is -1.55. The largest absolute Gasteiger partial charge is 0.371 e. The maximum Gasteiger partial charge on any atom is 0.231 e. The van der Waals surface area contributed by atoms with Crippen molar-refractivity contribution in [1.29, 1.82) is 0 Å². The third kappa shape index (κ3) is 2.32. The number of carbonyl (C=O) groups is 1. The van der Waals surface area contributed by atoms with Gasteiger partial charge in [0.25, 0.3) is 0 Å². The number of para-hydroxylation sites is 2. The number of rotatable bonds is 1. The van der Waals surface area contributed by atoms with Gasteiger partial charge in [-0.1, -0.05) is 12.1 Å². The fraction of sp³-hybridized carbons (Fsp3) is 0.533. The molecule has 2 aliphatic heterocycles. The lowest BCUT2D eigenvalue weighted by molar-refractivity contribution is -0.122. The van der Waals surface area contributed by atoms with Crippen LogP contribution in [-0.2, 0) is 4.79 Å². The zero-order valence-electron chi connectivity index (χ0n) is 11.4. The Balaban J connectivity index is 1.85. The van der Waals surface area contributed by atoms with Crippen LogP contribution in [0, 0.1) is 5.92 Å². The fourth-order valence-electron chi connectivity index (χ4n) is 3.02. The molecule has 1 atom stereocenters. The number of nitrogens with one attached hydrogen (secondary N) is 1. The summed E-state index contributed by atoms with van der Waals surface area (Å²) in [6.45, 7) is 3.57. The summed E-state index contributed by atoms with van der Waals surface area (Å²) in [5.41, 5.74) is 2.22. The first-order valence-corrected chi connectivity index (χ1v) is 7.09. The highest BCUT2D eigenvalue weighted by molar-refractivity contribution is 5.99. The Morgan fingerprint density at radius 2 is 2.05 bits per heavy atom. The van der Waals surface area contributed by atoms with E-state index in [9.17, 15) is 4.79 Å². The van der Waals surface area contributed by atoms with Crippen molar-refractivity contribution < 1.29 is 4.79 Å². The number of amides is 1. The number of benzene rings is 1. The molecular weight excluding hydrogens is 238 g/mol. The number of hydrogen-bond acceptors (Lipinski definition) is 3. The van der Waals surface area contributed by atoms with Crippen LogP contribution in [0.2, 0.25) is 0 Å². The zero-order chi connectivity index (χ0) is 13.2. The Morgan fingerprint density at radius 3 is 2.79 bits per heavy atom. The molecular formula is C15H21N3O. The second-order valence-electron chi connectivity index (χ2n) is 5.44. The molecule has 19 heavy (non-hydrogen) atoms. The number of fused-ring (bicyclic) bond motifs is 1. The van der Waals surface area contributed by atoms with Crippen LogP contribution in [0.15, 0.2) is 24.3 Å². The Morgan fingerprint density at radius 1 is 1.26 bits per heavy atom. The second-order valence-corrected chi connectivity index (χ2v) is 5.44. The van der Waals surface area contributed by atoms with Crippen molar-refractivity contribution in [2.24, 2.45) is 5.92 Å². The lowest BCUT2D eigenvalue weighted by Crippen LogP contribution is -2.48. The number of likely N-dealkylation sites (N-methyl/N-ethyl adjacent to an activating group) is 1. The average molecular weight is 259 g/mol. The van der Waals surface area contributed by atoms with E-state index in [0.717, 1.165) is 50.4 Å². The molecule has 0 aliphatic carbocycles. The fourth-order valence-corrected chi connectivity index (χ4v) is 3.02. The molecule has 4 heteroatoms. The van der Waals surface area contributed by atoms with E-state index in [2.05, 4.69) is 29.4 Å². The van der Waals surface area contributed by atoms with Crippen molar-refractivity contribution in [3.05, 3.63) is 24.3 Å². The van der Waals surface area contributed by atoms with E-state index in [1.54, 1.807) is 0 Å². The Kier molecular flexibility index (Phi) is 3.42. The first kappa shape index (κ1) is 12.5. The van der Waals surface area contributed by atoms with Gasteiger partial charge in [-0.15, -0.1) is 0 Å². The van der Waals surface area contributed by atoms with Crippen molar-refractivity contribution in [3.63, 3.8) is 0 Å². The SMILES string of the molecule is CN1CCN(C(=O)[C@H]2CCCNC2)c2ccccc21. The molecule has 102 valence electrons. The van der Waals surface area contributed by atoms with E-state index in [1.165, 1.54) is 0 Å². The van der Waals surface area contributed by atoms with Crippen LogP contribution in [0.4, 0.5) is 11.4 Å². The molecule has 2 heterocycles. The van der Waals surface area contributed by atoms with Crippen LogP contribution in [0.25, 0.3) is 0 Å². The number of hydrogen-bond donors (Lipinski definition) is 1. The van der Waals surface area contributed by atoms with Gasteiger partial charge in [0.1, 0.15) is 0 Å². The summed E-state index contributed by atoms with van der Waals surface area (Å²) in [6.07, 6.45) is 2.12. The van der Waals surface area contributed by atoms with Crippen LogP contribution >= 0.6 is 0 Å². The molecule has 4 nitrogen and oxygen atoms in total. The van der Waals surface area contributed by atoms with Crippen molar-refractivity contribution in [2.75, 3.05) is 43.0 Å². The van der Waals surface area contributed by atoms with Crippen molar-refractivity contribution in [1.82, 2.24) is 5.32 Å². The van der Waals surface area contributed by atoms with Crippen LogP contribution in [0.5, 0.6) is 0 Å². The van der Waals surface area contributed by atoms with E-state index in [4.69, 9.17) is 0 Å². The molecule has 3 rings (SSSR count). The monoisotopic (exact) mass is 259 g/mol. The van der Waals surface area contributed by atoms with Crippen LogP contribution in [-0.4, -0.2) is 39.1 Å². The van der Waals surface area contributed by atoms with Crippen molar-refractivity contribution in [2.45, 2.75) is 12.8 Å². The van der Waals surface area contributed by atoms with Gasteiger partial charge in [0.05, 0.1) is 17.3 Å². The summed E-state index contributed by atoms with van der Waals surface area (Å²) >= 11 is 0. The minimum atomic E-state index is 0.144. The summed E-state index contributed by atoms with van der Waals surface area (Å²) < 4.78 is 0. The van der Waals surface area contributed by atoms with Crippen LogP contribution < -0.4 is 15.1 Å². The normalized spacial score (nSPS) is 23.1. The third-order valence-corrected chi connectivity index (χ3v) is 4.15. The predicted octanol–water partition coefficient (Wildman–Crippen LogP) is 1.47. The van der Waals surface area contributed by atoms with Gasteiger partial charge >= 0.3 is 0 Å². The highest BCUT2D eigenvalue weighted by atomic mass is 16.2. The van der Waals surface area contributed by atoms with E-state index < -0.39 is 0 Å². The van der Waals surface area contributed by atoms with Gasteiger partial charge in [-0.2, -0.15) is 0 Å². The van der Waals surface area contributed by atoms with E-state index >= 15 is 0 Å². The molecule has 1 aromatic carbocycles. The summed E-state index contributed by atoms with van der Waals surface area (Å²) in [7, 11) is 2.09. The molecule has 0 spiro atoms. The Bertz CT molecular complexity index is 468. The molecule has 0 unspecified atom stereocenters. The minimum Gasteiger partial charge on any atom is -0.371 e. The predicted molar refractivity (Wildman–Crippen MR) is 77.7 cm³/mol. The van der Waals surface area contributed by atoms with Crippen LogP contribution in [0.3, 0.4) is 0 Å². The highest BCUT2D eigenvalue weighted by Gasteiger charge is 2.30. The molecule has 1 amide bonds. The van der Waals surface area contributed by atoms with E-state index in [0.29, 0.717) is 0 Å². The smallest absolute Gasteiger partial charge is 0.231 e. The highest BCUT2D eigenvalue weighted by Crippen LogP contribution is 2.33. The number of nitrogens with zero attached hydrogens (tertiary/aromatic N) is 2. The van der Waals surface area contributed by atoms with E-state index in [1.807, 2.05) is 17.0 Å². The standard InChI is InChI=1S/C15H21N3O/c1-17-9-10-18(14-7-3-2-6-13(14)17)15(19)12-5-4-8-16-11-12/h2-3,6-7,12,16H,4-5,8-11H2,1H3/t12-/m0/s1. The summed E-state index contributed by atoms with van der Waals surface area (Å²) in [6, 6.07) is 8.19. The number of carbonyl (C=O) groups excluding carboxylic acids is 1. The van der Waals surface area contributed by atoms with Gasteiger partial charge in [0.2, 0.25) is 5.91 Å². The average Bonchev–Trinajstić information content (AvgIpc) is 2.48. The minimum absolute atomic E-state index is 0.144. The quantitative estimate of drug-likeness (QED) is 0.829. The second kappa shape index (κ2) is 5.21. The van der Waals surface area contributed by atoms with Crippen LogP contribution in [0.1, 0.15) is 12.8 Å². The molecule has 1 saturated heterocycles. The van der Waals surface area contributed by atoms with E-state index in [-0.39, 0.29) is 11.8 Å². The molecule has 0 bridgehead atoms. The molecule has 0 saturated carbocycles. The van der Waals surface area contributed by atoms with Gasteiger partial charge < -0.3 is 15.1 Å². The first-order valence-electron chi connectivity index (χ1n) is 7.09. The molecule has 1 aromatic rings. The number of anilines is 2. The summed E-state index contributed by atoms with van der Waals surface area (Å²) in [4.78, 5) is 16.9. The lowest BCUT2D eigenvalue weighted by atomic mass is 9.97. The molecule has 1 N–H and O–H groups in total. The third-order valence-electron chi connectivity index (χ3n) is 4.15. The Labute approximate surface area is 114 Å². The van der Waals surface area contributed by atoms with Gasteiger partial charge in [0.15, 0.2) is 0 Å². The molecule has 0 aromatic heterocycles. The number of piperidine rings is 1. The van der Waals surface area contributed by atoms with Crippen molar-refractivity contribution in [3.8, 4) is 0 Å². The van der Waals surface area contributed by atoms with Gasteiger partial charge in [-0.05, 0) is 31.5 Å². The lowest BCUT2D eigenvalue weighted by Gasteiger charge is -2.38. The first-order chi connectivity index (χ1) is 9.27. The van der Waals surface area contributed by atoms with Gasteiger partial charge in [-0.25, -0.2) is 0 Å². The van der Waals surface area contributed by atoms with Crippen molar-refractivity contribution >= 4 is 17.3 Å². The van der Waals surface area contributed by atoms with Gasteiger partial charge in [-0.3, -0.25) is 4.79 Å².